The smallest absolute Gasteiger partial charge is 0.287 e. The third kappa shape index (κ3) is 7.38. The number of carbonyl (C=O) groups is 5. The predicted octanol–water partition coefficient (Wildman–Crippen LogP) is 0.695. The van der Waals surface area contributed by atoms with Crippen LogP contribution in [0.25, 0.3) is 10.9 Å². The standard InChI is InChI=1S/C32H39N9O7/c1-17(26(42)27(33)43)37-30(46)24-13-20(41-25(14-36-39-41)32(2,3)48)15-40(24)31(47)23(11-18-7-5-4-6-8-18)38-28(44)19-9-10-21-22(12-19)34-16-35-29(21)45/h9-10,12,14,16-18,20,24,48H,4-8,11,13,15H2,1-3H3,(H2,33,43)(H,37,46)(H,34,35,45)/b38-23+/t17?,20-,24-/m0/s1. The molecule has 3 heterocycles. The van der Waals surface area contributed by atoms with Gasteiger partial charge in [-0.2, -0.15) is 0 Å². The highest BCUT2D eigenvalue weighted by atomic mass is 16.3. The van der Waals surface area contributed by atoms with Crippen LogP contribution in [0.3, 0.4) is 0 Å². The molecule has 0 spiro atoms. The number of aromatic nitrogens is 5. The SMILES string of the molecule is CC(NC(=O)[C@@H]1C[C@H](n2nncc2C(C)(C)O)CN1C(=O)/C(CC1CCCCC1)=N/C(=O)c1ccc2c(=O)[nH]cnc2c1)C(=O)C(N)=O. The van der Waals surface area contributed by atoms with Gasteiger partial charge in [0.15, 0.2) is 0 Å². The summed E-state index contributed by atoms with van der Waals surface area (Å²) < 4.78 is 1.46. The van der Waals surface area contributed by atoms with E-state index < -0.39 is 53.1 Å². The molecule has 0 radical (unpaired) electrons. The van der Waals surface area contributed by atoms with E-state index in [0.29, 0.717) is 5.69 Å². The van der Waals surface area contributed by atoms with Crippen molar-refractivity contribution in [3.8, 4) is 0 Å². The fraction of sp³-hybridized carbons (Fsp3) is 0.500. The molecule has 4 amide bonds. The number of hydrogen-bond donors (Lipinski definition) is 4. The number of primary amides is 1. The first-order chi connectivity index (χ1) is 22.7. The van der Waals surface area contributed by atoms with E-state index in [1.165, 1.54) is 47.2 Å². The molecule has 5 N–H and O–H groups in total. The van der Waals surface area contributed by atoms with Gasteiger partial charge in [-0.1, -0.05) is 37.3 Å². The van der Waals surface area contributed by atoms with Crippen molar-refractivity contribution in [1.29, 1.82) is 0 Å². The number of aliphatic imine (C=N–C) groups is 1. The zero-order valence-electron chi connectivity index (χ0n) is 27.0. The van der Waals surface area contributed by atoms with E-state index in [0.717, 1.165) is 32.1 Å². The number of aromatic amines is 1. The Labute approximate surface area is 275 Å². The third-order valence-corrected chi connectivity index (χ3v) is 8.96. The van der Waals surface area contributed by atoms with Crippen molar-refractivity contribution in [2.24, 2.45) is 16.6 Å². The highest BCUT2D eigenvalue weighted by Crippen LogP contribution is 2.33. The van der Waals surface area contributed by atoms with Crippen molar-refractivity contribution in [2.75, 3.05) is 6.54 Å². The van der Waals surface area contributed by atoms with Gasteiger partial charge in [0.2, 0.25) is 11.7 Å². The number of nitrogens with zero attached hydrogens (tertiary/aromatic N) is 6. The summed E-state index contributed by atoms with van der Waals surface area (Å²) in [6.07, 6.45) is 7.54. The highest BCUT2D eigenvalue weighted by Gasteiger charge is 2.44. The van der Waals surface area contributed by atoms with Crippen molar-refractivity contribution in [3.05, 3.63) is 52.3 Å². The van der Waals surface area contributed by atoms with Crippen LogP contribution in [-0.4, -0.2) is 88.7 Å². The van der Waals surface area contributed by atoms with Crippen LogP contribution in [0, 0.1) is 5.92 Å². The van der Waals surface area contributed by atoms with Gasteiger partial charge < -0.3 is 26.0 Å². The number of nitrogens with one attached hydrogen (secondary N) is 2. The average molecular weight is 662 g/mol. The van der Waals surface area contributed by atoms with E-state index in [9.17, 15) is 33.9 Å². The van der Waals surface area contributed by atoms with Gasteiger partial charge in [0.1, 0.15) is 17.4 Å². The Morgan fingerprint density at radius 2 is 1.90 bits per heavy atom. The molecule has 0 bridgehead atoms. The monoisotopic (exact) mass is 661 g/mol. The molecule has 3 aromatic rings. The normalized spacial score (nSPS) is 19.7. The molecule has 5 rings (SSSR count). The minimum atomic E-state index is -1.35. The quantitative estimate of drug-likeness (QED) is 0.175. The van der Waals surface area contributed by atoms with Crippen LogP contribution in [-0.2, 0) is 24.8 Å². The lowest BCUT2D eigenvalue weighted by Gasteiger charge is -2.27. The predicted molar refractivity (Wildman–Crippen MR) is 172 cm³/mol. The van der Waals surface area contributed by atoms with Crippen molar-refractivity contribution >= 4 is 46.0 Å². The number of likely N-dealkylation sites (tertiary alicyclic amines) is 1. The molecule has 1 aliphatic heterocycles. The number of ketones is 1. The molecule has 16 nitrogen and oxygen atoms in total. The van der Waals surface area contributed by atoms with E-state index in [1.54, 1.807) is 13.8 Å². The number of hydrogen-bond acceptors (Lipinski definition) is 10. The maximum absolute atomic E-state index is 14.5. The summed E-state index contributed by atoms with van der Waals surface area (Å²) >= 11 is 0. The lowest BCUT2D eigenvalue weighted by molar-refractivity contribution is -0.139. The summed E-state index contributed by atoms with van der Waals surface area (Å²) in [5, 5.41) is 21.6. The molecule has 2 aliphatic rings. The first-order valence-electron chi connectivity index (χ1n) is 15.9. The summed E-state index contributed by atoms with van der Waals surface area (Å²) in [7, 11) is 0. The number of benzene rings is 1. The molecule has 3 atom stereocenters. The fourth-order valence-electron chi connectivity index (χ4n) is 6.40. The van der Waals surface area contributed by atoms with Crippen LogP contribution in [0.2, 0.25) is 0 Å². The molecule has 2 aromatic heterocycles. The lowest BCUT2D eigenvalue weighted by Crippen LogP contribution is -2.52. The Morgan fingerprint density at radius 3 is 2.58 bits per heavy atom. The van der Waals surface area contributed by atoms with Crippen molar-refractivity contribution in [1.82, 2.24) is 35.2 Å². The summed E-state index contributed by atoms with van der Waals surface area (Å²) in [4.78, 5) is 89.7. The van der Waals surface area contributed by atoms with Crippen LogP contribution in [0.15, 0.2) is 40.5 Å². The molecule has 1 unspecified atom stereocenters. The fourth-order valence-corrected chi connectivity index (χ4v) is 6.40. The van der Waals surface area contributed by atoms with Crippen LogP contribution < -0.4 is 16.6 Å². The zero-order chi connectivity index (χ0) is 34.7. The number of Topliss-reactive ketones (excluding diaryl/α,β-unsaturated/α-hetero) is 1. The Bertz CT molecular complexity index is 1830. The lowest BCUT2D eigenvalue weighted by atomic mass is 9.85. The molecular formula is C32H39N9O7. The van der Waals surface area contributed by atoms with Gasteiger partial charge in [-0.15, -0.1) is 5.10 Å². The average Bonchev–Trinajstić information content (AvgIpc) is 3.72. The second kappa shape index (κ2) is 13.9. The van der Waals surface area contributed by atoms with E-state index in [-0.39, 0.29) is 53.0 Å². The van der Waals surface area contributed by atoms with E-state index in [1.807, 2.05) is 0 Å². The van der Waals surface area contributed by atoms with Gasteiger partial charge >= 0.3 is 0 Å². The Morgan fingerprint density at radius 1 is 1.17 bits per heavy atom. The van der Waals surface area contributed by atoms with Crippen molar-refractivity contribution in [2.45, 2.75) is 89.4 Å². The van der Waals surface area contributed by atoms with Crippen LogP contribution in [0.4, 0.5) is 0 Å². The highest BCUT2D eigenvalue weighted by molar-refractivity contribution is 6.41. The molecule has 1 aromatic carbocycles. The van der Waals surface area contributed by atoms with Gasteiger partial charge in [-0.25, -0.2) is 14.7 Å². The number of nitrogens with two attached hydrogens (primary N) is 1. The molecule has 1 saturated carbocycles. The van der Waals surface area contributed by atoms with Crippen molar-refractivity contribution < 1.29 is 29.1 Å². The van der Waals surface area contributed by atoms with Gasteiger partial charge in [-0.05, 0) is 51.3 Å². The number of fused-ring (bicyclic) bond motifs is 1. The minimum absolute atomic E-state index is 0.0248. The number of aliphatic hydroxyl groups is 1. The molecule has 1 saturated heterocycles. The molecule has 2 fully saturated rings. The maximum Gasteiger partial charge on any atom is 0.287 e. The molecule has 16 heteroatoms. The first kappa shape index (κ1) is 34.2. The summed E-state index contributed by atoms with van der Waals surface area (Å²) in [6.45, 7) is 4.37. The van der Waals surface area contributed by atoms with Gasteiger partial charge in [0.05, 0.1) is 41.2 Å². The van der Waals surface area contributed by atoms with Crippen molar-refractivity contribution in [3.63, 3.8) is 0 Å². The molecule has 1 aliphatic carbocycles. The summed E-state index contributed by atoms with van der Waals surface area (Å²) in [5.74, 6) is -4.21. The van der Waals surface area contributed by atoms with Crippen LogP contribution >= 0.6 is 0 Å². The molecule has 254 valence electrons. The van der Waals surface area contributed by atoms with E-state index in [4.69, 9.17) is 5.73 Å². The third-order valence-electron chi connectivity index (χ3n) is 8.96. The summed E-state index contributed by atoms with van der Waals surface area (Å²) in [6, 6.07) is 1.30. The number of amides is 4. The first-order valence-corrected chi connectivity index (χ1v) is 15.9. The molecule has 48 heavy (non-hydrogen) atoms. The van der Waals surface area contributed by atoms with E-state index in [2.05, 4.69) is 30.6 Å². The number of carbonyl (C=O) groups excluding carboxylic acids is 5. The summed E-state index contributed by atoms with van der Waals surface area (Å²) in [5.41, 5.74) is 4.15. The topological polar surface area (TPSA) is 236 Å². The minimum Gasteiger partial charge on any atom is -0.384 e. The van der Waals surface area contributed by atoms with Gasteiger partial charge in [0.25, 0.3) is 23.3 Å². The molecular weight excluding hydrogens is 622 g/mol. The van der Waals surface area contributed by atoms with E-state index >= 15 is 0 Å². The van der Waals surface area contributed by atoms with Gasteiger partial charge in [-0.3, -0.25) is 28.8 Å². The number of H-pyrrole nitrogens is 1. The largest absolute Gasteiger partial charge is 0.384 e. The Balaban J connectivity index is 1.51. The Hall–Kier alpha value is -5.12. The zero-order valence-corrected chi connectivity index (χ0v) is 27.0. The van der Waals surface area contributed by atoms with Crippen LogP contribution in [0.5, 0.6) is 0 Å². The number of rotatable bonds is 10. The maximum atomic E-state index is 14.5. The second-order valence-electron chi connectivity index (χ2n) is 13.0. The van der Waals surface area contributed by atoms with Gasteiger partial charge in [0, 0.05) is 18.5 Å². The van der Waals surface area contributed by atoms with Crippen LogP contribution in [0.1, 0.15) is 87.8 Å². The Kier molecular flexibility index (Phi) is 9.93. The second-order valence-corrected chi connectivity index (χ2v) is 13.0.